The zero-order valence-electron chi connectivity index (χ0n) is 23.8. The van der Waals surface area contributed by atoms with E-state index in [0.717, 1.165) is 53.2 Å². The molecule has 0 saturated carbocycles. The Morgan fingerprint density at radius 2 is 0.897 bits per heavy atom. The standard InChI is InChI=1S/C34H37BrN4/c1-22-15-31(36-33(17-22)38-24(3)7-8-25(38)4)13-11-28-19-29(21-30(35)20-28)12-14-32-16-23(2)18-34(37-32)39-26(5)9-10-27(39)6/h7-10,15-21H,11-14H2,1-6H3. The molecular formula is C34H37BrN4. The molecule has 0 N–H and O–H groups in total. The van der Waals surface area contributed by atoms with Crippen molar-refractivity contribution in [1.82, 2.24) is 19.1 Å². The van der Waals surface area contributed by atoms with Crippen LogP contribution in [0.3, 0.4) is 0 Å². The first kappa shape index (κ1) is 27.1. The van der Waals surface area contributed by atoms with E-state index < -0.39 is 0 Å². The molecule has 5 heteroatoms. The third kappa shape index (κ3) is 6.25. The monoisotopic (exact) mass is 580 g/mol. The lowest BCUT2D eigenvalue weighted by Crippen LogP contribution is -2.06. The fourth-order valence-electron chi connectivity index (χ4n) is 5.54. The minimum Gasteiger partial charge on any atom is -0.303 e. The maximum atomic E-state index is 5.02. The summed E-state index contributed by atoms with van der Waals surface area (Å²) in [5.41, 5.74) is 12.2. The molecule has 4 aromatic heterocycles. The number of pyridine rings is 2. The Morgan fingerprint density at radius 3 is 1.28 bits per heavy atom. The van der Waals surface area contributed by atoms with E-state index in [1.165, 1.54) is 45.0 Å². The first-order chi connectivity index (χ1) is 18.7. The Balaban J connectivity index is 1.31. The van der Waals surface area contributed by atoms with Gasteiger partial charge in [-0.05, 0) is 150 Å². The van der Waals surface area contributed by atoms with Gasteiger partial charge in [0.05, 0.1) is 0 Å². The molecule has 0 radical (unpaired) electrons. The van der Waals surface area contributed by atoms with Crippen LogP contribution in [0.1, 0.15) is 56.4 Å². The summed E-state index contributed by atoms with van der Waals surface area (Å²) in [6.07, 6.45) is 3.71. The summed E-state index contributed by atoms with van der Waals surface area (Å²) in [6.45, 7) is 12.9. The molecule has 39 heavy (non-hydrogen) atoms. The highest BCUT2D eigenvalue weighted by Crippen LogP contribution is 2.22. The molecule has 0 amide bonds. The van der Waals surface area contributed by atoms with E-state index in [2.05, 4.69) is 133 Å². The second-order valence-corrected chi connectivity index (χ2v) is 11.8. The number of hydrogen-bond donors (Lipinski definition) is 0. The summed E-state index contributed by atoms with van der Waals surface area (Å²) in [6, 6.07) is 24.2. The first-order valence-electron chi connectivity index (χ1n) is 13.7. The molecule has 0 saturated heterocycles. The molecule has 5 aromatic rings. The van der Waals surface area contributed by atoms with Crippen molar-refractivity contribution in [2.75, 3.05) is 0 Å². The zero-order valence-corrected chi connectivity index (χ0v) is 25.4. The molecule has 0 bridgehead atoms. The highest BCUT2D eigenvalue weighted by molar-refractivity contribution is 9.10. The molecule has 0 spiro atoms. The van der Waals surface area contributed by atoms with Crippen molar-refractivity contribution >= 4 is 15.9 Å². The van der Waals surface area contributed by atoms with Crippen LogP contribution < -0.4 is 0 Å². The summed E-state index contributed by atoms with van der Waals surface area (Å²) in [4.78, 5) is 10.0. The summed E-state index contributed by atoms with van der Waals surface area (Å²) < 4.78 is 5.59. The summed E-state index contributed by atoms with van der Waals surface area (Å²) in [5, 5.41) is 0. The Labute approximate surface area is 240 Å². The average Bonchev–Trinajstić information content (AvgIpc) is 3.40. The van der Waals surface area contributed by atoms with Gasteiger partial charge in [-0.2, -0.15) is 0 Å². The van der Waals surface area contributed by atoms with Crippen molar-refractivity contribution < 1.29 is 0 Å². The Morgan fingerprint density at radius 1 is 0.513 bits per heavy atom. The molecule has 1 aromatic carbocycles. The smallest absolute Gasteiger partial charge is 0.137 e. The van der Waals surface area contributed by atoms with Gasteiger partial charge in [0.15, 0.2) is 0 Å². The zero-order chi connectivity index (χ0) is 27.7. The summed E-state index contributed by atoms with van der Waals surface area (Å²) in [5.74, 6) is 2.02. The predicted molar refractivity (Wildman–Crippen MR) is 165 cm³/mol. The maximum Gasteiger partial charge on any atom is 0.137 e. The van der Waals surface area contributed by atoms with Crippen molar-refractivity contribution in [2.45, 2.75) is 67.2 Å². The van der Waals surface area contributed by atoms with Crippen LogP contribution in [0.15, 0.2) is 71.2 Å². The highest BCUT2D eigenvalue weighted by atomic mass is 79.9. The van der Waals surface area contributed by atoms with Crippen LogP contribution in [0.25, 0.3) is 11.6 Å². The molecule has 200 valence electrons. The van der Waals surface area contributed by atoms with E-state index in [-0.39, 0.29) is 0 Å². The normalized spacial score (nSPS) is 11.4. The van der Waals surface area contributed by atoms with Crippen molar-refractivity contribution in [2.24, 2.45) is 0 Å². The predicted octanol–water partition coefficient (Wildman–Crippen LogP) is 8.24. The average molecular weight is 582 g/mol. The van der Waals surface area contributed by atoms with Gasteiger partial charge in [-0.3, -0.25) is 0 Å². The quantitative estimate of drug-likeness (QED) is 0.185. The maximum absolute atomic E-state index is 5.02. The Bertz CT molecular complexity index is 1480. The number of aryl methyl sites for hydroxylation is 10. The van der Waals surface area contributed by atoms with Crippen LogP contribution in [0.5, 0.6) is 0 Å². The molecule has 0 unspecified atom stereocenters. The first-order valence-corrected chi connectivity index (χ1v) is 14.5. The van der Waals surface area contributed by atoms with E-state index in [1.807, 2.05) is 0 Å². The summed E-state index contributed by atoms with van der Waals surface area (Å²) >= 11 is 3.76. The van der Waals surface area contributed by atoms with Gasteiger partial charge in [0.1, 0.15) is 11.6 Å². The molecule has 0 atom stereocenters. The van der Waals surface area contributed by atoms with Gasteiger partial charge in [-0.25, -0.2) is 9.97 Å². The van der Waals surface area contributed by atoms with E-state index in [0.29, 0.717) is 0 Å². The second-order valence-electron chi connectivity index (χ2n) is 10.9. The van der Waals surface area contributed by atoms with Gasteiger partial charge in [-0.15, -0.1) is 0 Å². The number of halogens is 1. The SMILES string of the molecule is Cc1cc(CCc2cc(Br)cc(CCc3cc(C)cc(-n4c(C)ccc4C)n3)c2)nc(-n2c(C)ccc2C)c1. The summed E-state index contributed by atoms with van der Waals surface area (Å²) in [7, 11) is 0. The van der Waals surface area contributed by atoms with Crippen LogP contribution >= 0.6 is 15.9 Å². The number of benzene rings is 1. The van der Waals surface area contributed by atoms with Gasteiger partial charge in [0.2, 0.25) is 0 Å². The van der Waals surface area contributed by atoms with Crippen molar-refractivity contribution in [3.05, 3.63) is 128 Å². The Hall–Kier alpha value is -3.44. The molecule has 0 aliphatic rings. The van der Waals surface area contributed by atoms with Crippen molar-refractivity contribution in [1.29, 1.82) is 0 Å². The highest BCUT2D eigenvalue weighted by Gasteiger charge is 2.11. The third-order valence-electron chi connectivity index (χ3n) is 7.38. The van der Waals surface area contributed by atoms with Crippen LogP contribution in [-0.4, -0.2) is 19.1 Å². The molecule has 4 nitrogen and oxygen atoms in total. The lowest BCUT2D eigenvalue weighted by Gasteiger charge is -2.13. The van der Waals surface area contributed by atoms with Gasteiger partial charge >= 0.3 is 0 Å². The number of aromatic nitrogens is 4. The lowest BCUT2D eigenvalue weighted by molar-refractivity contribution is 0.851. The van der Waals surface area contributed by atoms with E-state index in [4.69, 9.17) is 9.97 Å². The third-order valence-corrected chi connectivity index (χ3v) is 7.83. The number of nitrogens with zero attached hydrogens (tertiary/aromatic N) is 4. The second kappa shape index (κ2) is 11.4. The van der Waals surface area contributed by atoms with Crippen LogP contribution in [0.2, 0.25) is 0 Å². The number of hydrogen-bond acceptors (Lipinski definition) is 2. The largest absolute Gasteiger partial charge is 0.303 e. The number of rotatable bonds is 8. The molecule has 0 fully saturated rings. The van der Waals surface area contributed by atoms with Gasteiger partial charge < -0.3 is 9.13 Å². The fourth-order valence-corrected chi connectivity index (χ4v) is 6.12. The van der Waals surface area contributed by atoms with E-state index in [1.54, 1.807) is 0 Å². The molecule has 0 aliphatic carbocycles. The molecule has 0 aliphatic heterocycles. The minimum atomic E-state index is 0.905. The van der Waals surface area contributed by atoms with E-state index >= 15 is 0 Å². The van der Waals surface area contributed by atoms with E-state index in [9.17, 15) is 0 Å². The van der Waals surface area contributed by atoms with Gasteiger partial charge in [-0.1, -0.05) is 22.0 Å². The van der Waals surface area contributed by atoms with Crippen LogP contribution in [0, 0.1) is 41.5 Å². The van der Waals surface area contributed by atoms with Crippen LogP contribution in [0.4, 0.5) is 0 Å². The molecule has 4 heterocycles. The Kier molecular flexibility index (Phi) is 7.90. The molecular weight excluding hydrogens is 544 g/mol. The fraction of sp³-hybridized carbons (Fsp3) is 0.294. The topological polar surface area (TPSA) is 35.6 Å². The van der Waals surface area contributed by atoms with Crippen molar-refractivity contribution in [3.63, 3.8) is 0 Å². The molecule has 5 rings (SSSR count). The lowest BCUT2D eigenvalue weighted by atomic mass is 10.0. The van der Waals surface area contributed by atoms with Gasteiger partial charge in [0, 0.05) is 38.6 Å². The van der Waals surface area contributed by atoms with Crippen molar-refractivity contribution in [3.8, 4) is 11.6 Å². The van der Waals surface area contributed by atoms with Gasteiger partial charge in [0.25, 0.3) is 0 Å². The van der Waals surface area contributed by atoms with Crippen LogP contribution in [-0.2, 0) is 25.7 Å². The minimum absolute atomic E-state index is 0.905.